The van der Waals surface area contributed by atoms with Gasteiger partial charge in [0.05, 0.1) is 24.4 Å². The predicted octanol–water partition coefficient (Wildman–Crippen LogP) is 6.20. The molecule has 188 valence electrons. The van der Waals surface area contributed by atoms with Crippen molar-refractivity contribution in [2.75, 3.05) is 30.3 Å². The Hall–Kier alpha value is -4.27. The summed E-state index contributed by atoms with van der Waals surface area (Å²) in [5.41, 5.74) is 0.950. The molecule has 9 nitrogen and oxygen atoms in total. The number of carbonyl (C=O) groups is 1. The largest absolute Gasteiger partial charge is 0.504 e. The normalized spacial score (nSPS) is 13.6. The second-order valence-electron chi connectivity index (χ2n) is 8.42. The van der Waals surface area contributed by atoms with Crippen molar-refractivity contribution >= 4 is 44.8 Å². The van der Waals surface area contributed by atoms with E-state index in [1.807, 2.05) is 0 Å². The first kappa shape index (κ1) is 24.4. The van der Waals surface area contributed by atoms with Gasteiger partial charge in [0.15, 0.2) is 5.13 Å². The summed E-state index contributed by atoms with van der Waals surface area (Å²) in [5, 5.41) is 11.0. The monoisotopic (exact) mass is 518 g/mol. The zero-order valence-corrected chi connectivity index (χ0v) is 20.5. The lowest BCUT2D eigenvalue weighted by atomic mass is 9.99. The van der Waals surface area contributed by atoms with Crippen LogP contribution < -0.4 is 25.4 Å². The zero-order chi connectivity index (χ0) is 25.6. The van der Waals surface area contributed by atoms with Gasteiger partial charge in [-0.15, -0.1) is 11.3 Å². The Labute approximate surface area is 216 Å². The number of urea groups is 1. The van der Waals surface area contributed by atoms with Crippen LogP contribution in [0.5, 0.6) is 17.2 Å². The van der Waals surface area contributed by atoms with E-state index in [-0.39, 0.29) is 11.4 Å². The molecule has 0 aliphatic carbocycles. The first-order valence-corrected chi connectivity index (χ1v) is 12.6. The number of nitrogens with one attached hydrogen (secondary N) is 3. The number of ether oxygens (including phenoxy) is 2. The Morgan fingerprint density at radius 2 is 2.00 bits per heavy atom. The van der Waals surface area contributed by atoms with Gasteiger partial charge in [-0.2, -0.15) is 0 Å². The average molecular weight is 519 g/mol. The van der Waals surface area contributed by atoms with E-state index >= 15 is 0 Å². The zero-order valence-electron chi connectivity index (χ0n) is 19.7. The van der Waals surface area contributed by atoms with Gasteiger partial charge in [0.2, 0.25) is 5.69 Å². The summed E-state index contributed by atoms with van der Waals surface area (Å²) in [6.45, 7) is 10.1. The molecule has 1 aliphatic heterocycles. The van der Waals surface area contributed by atoms with Crippen LogP contribution in [0.25, 0.3) is 15.7 Å². The number of amides is 2. The number of pyridine rings is 1. The predicted molar refractivity (Wildman–Crippen MR) is 140 cm³/mol. The van der Waals surface area contributed by atoms with Crippen LogP contribution in [0.1, 0.15) is 12.8 Å². The standard InChI is InChI=1S/C26H23FN6O3S/c1-28-22-13-18-21(14-24(22)35-15-16-4-7-29-8-5-16)30-9-6-23(18)36-17-2-3-20(19(27)12-17)32-25(34)33-26-31-10-11-37-26/h2-3,6,9-14,16,29H,4-5,7-8,15H2,(H2,31,32,33,34). The van der Waals surface area contributed by atoms with E-state index in [4.69, 9.17) is 16.0 Å². The topological polar surface area (TPSA) is 102 Å². The number of piperidine rings is 1. The van der Waals surface area contributed by atoms with E-state index in [9.17, 15) is 9.18 Å². The fourth-order valence-corrected chi connectivity index (χ4v) is 4.53. The highest BCUT2D eigenvalue weighted by atomic mass is 32.1. The molecule has 3 N–H and O–H groups in total. The number of hydrogen-bond donors (Lipinski definition) is 3. The van der Waals surface area contributed by atoms with Crippen LogP contribution in [0.3, 0.4) is 0 Å². The molecule has 0 saturated carbocycles. The van der Waals surface area contributed by atoms with E-state index in [0.717, 1.165) is 25.9 Å². The summed E-state index contributed by atoms with van der Waals surface area (Å²) in [6.07, 6.45) is 5.22. The number of hydrogen-bond acceptors (Lipinski definition) is 7. The van der Waals surface area contributed by atoms with Gasteiger partial charge in [-0.3, -0.25) is 10.3 Å². The van der Waals surface area contributed by atoms with Gasteiger partial charge in [0.1, 0.15) is 23.1 Å². The molecular formula is C26H23FN6O3S. The fraction of sp³-hybridized carbons (Fsp3) is 0.231. The lowest BCUT2D eigenvalue weighted by Gasteiger charge is -2.23. The van der Waals surface area contributed by atoms with Crippen molar-refractivity contribution in [1.29, 1.82) is 0 Å². The van der Waals surface area contributed by atoms with E-state index in [1.54, 1.807) is 42.0 Å². The number of anilines is 2. The Bertz CT molecular complexity index is 1450. The molecule has 0 spiro atoms. The van der Waals surface area contributed by atoms with Gasteiger partial charge in [-0.25, -0.2) is 19.0 Å². The van der Waals surface area contributed by atoms with Crippen molar-refractivity contribution in [2.24, 2.45) is 5.92 Å². The van der Waals surface area contributed by atoms with Crippen LogP contribution in [-0.2, 0) is 0 Å². The van der Waals surface area contributed by atoms with Crippen LogP contribution in [-0.4, -0.2) is 35.7 Å². The third-order valence-corrected chi connectivity index (χ3v) is 6.59. The molecule has 11 heteroatoms. The molecule has 1 fully saturated rings. The fourth-order valence-electron chi connectivity index (χ4n) is 4.01. The van der Waals surface area contributed by atoms with Gasteiger partial charge in [-0.1, -0.05) is 0 Å². The maximum atomic E-state index is 14.7. The molecule has 5 rings (SSSR count). The molecule has 1 saturated heterocycles. The molecule has 0 radical (unpaired) electrons. The Balaban J connectivity index is 1.31. The highest BCUT2D eigenvalue weighted by Crippen LogP contribution is 2.38. The van der Waals surface area contributed by atoms with E-state index in [0.29, 0.717) is 45.7 Å². The number of thiazole rings is 1. The lowest BCUT2D eigenvalue weighted by molar-refractivity contribution is 0.216. The molecule has 2 amide bonds. The second-order valence-corrected chi connectivity index (χ2v) is 9.32. The van der Waals surface area contributed by atoms with Crippen molar-refractivity contribution < 1.29 is 18.7 Å². The number of fused-ring (bicyclic) bond motifs is 1. The molecule has 0 unspecified atom stereocenters. The van der Waals surface area contributed by atoms with Crippen LogP contribution in [0.15, 0.2) is 54.2 Å². The average Bonchev–Trinajstić information content (AvgIpc) is 3.42. The Morgan fingerprint density at radius 3 is 2.76 bits per heavy atom. The van der Waals surface area contributed by atoms with E-state index < -0.39 is 11.8 Å². The van der Waals surface area contributed by atoms with Gasteiger partial charge in [0, 0.05) is 29.2 Å². The number of aromatic nitrogens is 2. The van der Waals surface area contributed by atoms with E-state index in [1.165, 1.54) is 23.5 Å². The molecular weight excluding hydrogens is 495 g/mol. The molecule has 37 heavy (non-hydrogen) atoms. The number of nitrogens with zero attached hydrogens (tertiary/aromatic N) is 3. The van der Waals surface area contributed by atoms with Gasteiger partial charge < -0.3 is 20.1 Å². The molecule has 0 bridgehead atoms. The molecule has 4 aromatic rings. The summed E-state index contributed by atoms with van der Waals surface area (Å²) >= 11 is 1.25. The van der Waals surface area contributed by atoms with E-state index in [2.05, 4.69) is 30.8 Å². The van der Waals surface area contributed by atoms with Crippen molar-refractivity contribution in [3.8, 4) is 17.2 Å². The molecule has 1 aliphatic rings. The summed E-state index contributed by atoms with van der Waals surface area (Å²) in [7, 11) is 0. The smallest absolute Gasteiger partial charge is 0.325 e. The second kappa shape index (κ2) is 11.2. The molecule has 3 heterocycles. The van der Waals surface area contributed by atoms with Crippen LogP contribution in [0.4, 0.5) is 25.7 Å². The molecule has 2 aromatic heterocycles. The van der Waals surface area contributed by atoms with Crippen molar-refractivity contribution in [3.63, 3.8) is 0 Å². The number of carbonyl (C=O) groups excluding carboxylic acids is 1. The summed E-state index contributed by atoms with van der Waals surface area (Å²) in [6, 6.07) is 8.60. The lowest BCUT2D eigenvalue weighted by Crippen LogP contribution is -2.30. The minimum atomic E-state index is -0.666. The minimum absolute atomic E-state index is 0.00757. The molecule has 2 aromatic carbocycles. The number of benzene rings is 2. The molecule has 0 atom stereocenters. The van der Waals surface area contributed by atoms with Crippen molar-refractivity contribution in [2.45, 2.75) is 12.8 Å². The quantitative estimate of drug-likeness (QED) is 0.252. The van der Waals surface area contributed by atoms with Gasteiger partial charge >= 0.3 is 6.03 Å². The summed E-state index contributed by atoms with van der Waals surface area (Å²) in [5.74, 6) is 0.917. The Kier molecular flexibility index (Phi) is 7.39. The first-order valence-electron chi connectivity index (χ1n) is 11.7. The maximum Gasteiger partial charge on any atom is 0.325 e. The first-order chi connectivity index (χ1) is 18.1. The van der Waals surface area contributed by atoms with Crippen LogP contribution in [0, 0.1) is 18.3 Å². The highest BCUT2D eigenvalue weighted by Gasteiger charge is 2.17. The number of halogens is 1. The highest BCUT2D eigenvalue weighted by molar-refractivity contribution is 7.13. The Morgan fingerprint density at radius 1 is 1.14 bits per heavy atom. The van der Waals surface area contributed by atoms with Gasteiger partial charge in [0.25, 0.3) is 0 Å². The van der Waals surface area contributed by atoms with Gasteiger partial charge in [-0.05, 0) is 62.2 Å². The summed E-state index contributed by atoms with van der Waals surface area (Å²) < 4.78 is 26.7. The minimum Gasteiger partial charge on any atom is -0.504 e. The third-order valence-electron chi connectivity index (χ3n) is 5.91. The number of rotatable bonds is 7. The van der Waals surface area contributed by atoms with Crippen LogP contribution in [0.2, 0.25) is 0 Å². The summed E-state index contributed by atoms with van der Waals surface area (Å²) in [4.78, 5) is 24.1. The van der Waals surface area contributed by atoms with Crippen molar-refractivity contribution in [1.82, 2.24) is 15.3 Å². The van der Waals surface area contributed by atoms with Crippen molar-refractivity contribution in [3.05, 3.63) is 71.4 Å². The third kappa shape index (κ3) is 5.94. The van der Waals surface area contributed by atoms with Crippen LogP contribution >= 0.6 is 11.3 Å². The maximum absolute atomic E-state index is 14.7. The SMILES string of the molecule is [C-]#[N+]c1cc2c(Oc3ccc(NC(=O)Nc4nccs4)c(F)c3)ccnc2cc1OCC1CCNCC1.